The lowest BCUT2D eigenvalue weighted by atomic mass is 9.51. The van der Waals surface area contributed by atoms with Crippen molar-refractivity contribution in [1.82, 2.24) is 9.80 Å². The molecule has 6 nitrogen and oxygen atoms in total. The molecule has 2 aromatic rings. The van der Waals surface area contributed by atoms with E-state index in [9.17, 15) is 9.90 Å². The average Bonchev–Trinajstić information content (AvgIpc) is 3.59. The molecule has 3 aliphatic carbocycles. The number of aryl methyl sites for hydroxylation is 1. The van der Waals surface area contributed by atoms with Crippen LogP contribution in [0, 0.1) is 17.8 Å². The number of ether oxygens (including phenoxy) is 2. The van der Waals surface area contributed by atoms with Gasteiger partial charge >= 0.3 is 0 Å². The predicted octanol–water partition coefficient (Wildman–Crippen LogP) is 5.77. The Balaban J connectivity index is 1.13. The van der Waals surface area contributed by atoms with Crippen LogP contribution in [0.3, 0.4) is 0 Å². The fraction of sp³-hybridized carbons (Fsp3) is 0.649. The fourth-order valence-electron chi connectivity index (χ4n) is 9.41. The van der Waals surface area contributed by atoms with Gasteiger partial charge in [0.05, 0.1) is 19.3 Å². The van der Waals surface area contributed by atoms with Crippen molar-refractivity contribution in [3.05, 3.63) is 59.2 Å². The maximum atomic E-state index is 14.1. The Hall–Kier alpha value is -2.57. The maximum absolute atomic E-state index is 14.1. The first-order valence-electron chi connectivity index (χ1n) is 17.0. The van der Waals surface area contributed by atoms with Gasteiger partial charge in [-0.05, 0) is 86.9 Å². The van der Waals surface area contributed by atoms with Crippen molar-refractivity contribution in [2.75, 3.05) is 26.7 Å². The summed E-state index contributed by atoms with van der Waals surface area (Å²) in [4.78, 5) is 19.0. The first-order valence-corrected chi connectivity index (χ1v) is 17.0. The molecule has 2 aliphatic heterocycles. The number of unbranched alkanes of at least 4 members (excludes halogenated alkanes) is 2. The standard InChI is InChI=1S/C37H50N2O4/c1-24(2)22-39(33(41)13-9-5-8-12-25-10-6-4-7-11-25)29-16-15-28-30-20-26-14-17-32(42-3)35-34(26)37(28,36(29)43-35)18-19-38(30)23-27-21-31(27)40/h4,6-7,10-11,14,17,24,27-31,36,40H,5,8-9,12-13,15-16,18-23H2,1-3H3/t27?,28-,29-,30+,31?,36-,37-/m0/s1. The number of aliphatic hydroxyl groups excluding tert-OH is 1. The summed E-state index contributed by atoms with van der Waals surface area (Å²) < 4.78 is 13.0. The van der Waals surface area contributed by atoms with E-state index in [0.717, 1.165) is 88.9 Å². The van der Waals surface area contributed by atoms with Crippen LogP contribution in [0.25, 0.3) is 0 Å². The molecule has 7 rings (SSSR count). The summed E-state index contributed by atoms with van der Waals surface area (Å²) in [5.74, 6) is 3.42. The number of hydrogen-bond donors (Lipinski definition) is 1. The second kappa shape index (κ2) is 11.7. The molecule has 2 heterocycles. The number of carbonyl (C=O) groups excluding carboxylic acids is 1. The van der Waals surface area contributed by atoms with Gasteiger partial charge in [-0.15, -0.1) is 0 Å². The van der Waals surface area contributed by atoms with E-state index in [4.69, 9.17) is 9.47 Å². The van der Waals surface area contributed by atoms with Crippen molar-refractivity contribution in [2.24, 2.45) is 17.8 Å². The molecule has 2 saturated carbocycles. The molecular formula is C37H50N2O4. The summed E-state index contributed by atoms with van der Waals surface area (Å²) in [6.45, 7) is 7.29. The van der Waals surface area contributed by atoms with Crippen LogP contribution in [0.1, 0.15) is 81.9 Å². The minimum Gasteiger partial charge on any atom is -0.493 e. The maximum Gasteiger partial charge on any atom is 0.222 e. The summed E-state index contributed by atoms with van der Waals surface area (Å²) in [6, 6.07) is 15.6. The molecular weight excluding hydrogens is 536 g/mol. The van der Waals surface area contributed by atoms with E-state index in [1.165, 1.54) is 16.7 Å². The fourth-order valence-corrected chi connectivity index (χ4v) is 9.41. The Morgan fingerprint density at radius 1 is 1.14 bits per heavy atom. The summed E-state index contributed by atoms with van der Waals surface area (Å²) in [7, 11) is 1.75. The second-order valence-corrected chi connectivity index (χ2v) is 14.5. The number of hydrogen-bond acceptors (Lipinski definition) is 5. The van der Waals surface area contributed by atoms with E-state index in [1.54, 1.807) is 7.11 Å². The molecule has 1 N–H and O–H groups in total. The number of nitrogens with zero attached hydrogens (tertiary/aromatic N) is 2. The van der Waals surface area contributed by atoms with E-state index >= 15 is 0 Å². The van der Waals surface area contributed by atoms with Gasteiger partial charge in [0.1, 0.15) is 6.10 Å². The number of carbonyl (C=O) groups is 1. The summed E-state index contributed by atoms with van der Waals surface area (Å²) in [5, 5.41) is 10.1. The molecule has 3 fully saturated rings. The van der Waals surface area contributed by atoms with Crippen molar-refractivity contribution in [1.29, 1.82) is 0 Å². The van der Waals surface area contributed by atoms with Crippen molar-refractivity contribution in [3.8, 4) is 11.5 Å². The highest BCUT2D eigenvalue weighted by atomic mass is 16.5. The van der Waals surface area contributed by atoms with Crippen LogP contribution < -0.4 is 9.47 Å². The van der Waals surface area contributed by atoms with Crippen molar-refractivity contribution in [2.45, 2.75) is 108 Å². The van der Waals surface area contributed by atoms with Gasteiger partial charge in [-0.25, -0.2) is 0 Å². The second-order valence-electron chi connectivity index (χ2n) is 14.5. The molecule has 1 saturated heterocycles. The number of piperidine rings is 1. The van der Waals surface area contributed by atoms with Gasteiger partial charge in [-0.1, -0.05) is 56.7 Å². The predicted molar refractivity (Wildman–Crippen MR) is 169 cm³/mol. The van der Waals surface area contributed by atoms with Crippen molar-refractivity contribution in [3.63, 3.8) is 0 Å². The minimum absolute atomic E-state index is 0.0338. The molecule has 0 radical (unpaired) electrons. The third kappa shape index (κ3) is 5.16. The zero-order valence-corrected chi connectivity index (χ0v) is 26.3. The van der Waals surface area contributed by atoms with Gasteiger partial charge in [0.15, 0.2) is 11.5 Å². The summed E-state index contributed by atoms with van der Waals surface area (Å²) in [5.41, 5.74) is 4.10. The van der Waals surface area contributed by atoms with E-state index in [1.807, 2.05) is 0 Å². The van der Waals surface area contributed by atoms with Crippen LogP contribution in [0.5, 0.6) is 11.5 Å². The Kier molecular flexibility index (Phi) is 7.96. The summed E-state index contributed by atoms with van der Waals surface area (Å²) >= 11 is 0. The summed E-state index contributed by atoms with van der Waals surface area (Å²) in [6.07, 6.45) is 9.83. The molecule has 2 bridgehead atoms. The molecule has 0 aromatic heterocycles. The number of rotatable bonds is 12. The first-order chi connectivity index (χ1) is 20.9. The zero-order valence-electron chi connectivity index (χ0n) is 26.3. The number of likely N-dealkylation sites (tertiary alicyclic amines) is 1. The minimum atomic E-state index is -0.116. The van der Waals surface area contributed by atoms with Crippen LogP contribution in [-0.4, -0.2) is 71.8 Å². The van der Waals surface area contributed by atoms with Gasteiger partial charge in [-0.3, -0.25) is 9.69 Å². The quantitative estimate of drug-likeness (QED) is 0.320. The molecule has 1 amide bonds. The van der Waals surface area contributed by atoms with Crippen molar-refractivity contribution >= 4 is 5.91 Å². The zero-order chi connectivity index (χ0) is 29.7. The molecule has 5 aliphatic rings. The van der Waals surface area contributed by atoms with E-state index in [0.29, 0.717) is 36.1 Å². The molecule has 232 valence electrons. The van der Waals surface area contributed by atoms with Crippen LogP contribution >= 0.6 is 0 Å². The third-order valence-corrected chi connectivity index (χ3v) is 11.4. The Bertz CT molecular complexity index is 1310. The molecule has 1 spiro atoms. The Morgan fingerprint density at radius 2 is 1.95 bits per heavy atom. The van der Waals surface area contributed by atoms with Crippen LogP contribution in [0.15, 0.2) is 42.5 Å². The van der Waals surface area contributed by atoms with Crippen LogP contribution in [-0.2, 0) is 23.1 Å². The number of amides is 1. The van der Waals surface area contributed by atoms with E-state index in [-0.39, 0.29) is 23.7 Å². The van der Waals surface area contributed by atoms with Gasteiger partial charge in [0.25, 0.3) is 0 Å². The van der Waals surface area contributed by atoms with E-state index < -0.39 is 0 Å². The highest BCUT2D eigenvalue weighted by Crippen LogP contribution is 2.64. The molecule has 7 atom stereocenters. The topological polar surface area (TPSA) is 62.2 Å². The van der Waals surface area contributed by atoms with Gasteiger partial charge in [0, 0.05) is 42.4 Å². The highest BCUT2D eigenvalue weighted by Gasteiger charge is 2.67. The lowest BCUT2D eigenvalue weighted by Crippen LogP contribution is -2.69. The monoisotopic (exact) mass is 586 g/mol. The molecule has 2 aromatic carbocycles. The SMILES string of the molecule is COc1ccc2c3c1O[C@H]1[C@@H](N(CC(C)C)C(=O)CCCCCc4ccccc4)CC[C@H]4[C@@H](C2)N(CC2CC2O)CC[C@@]341. The molecule has 2 unspecified atom stereocenters. The average molecular weight is 587 g/mol. The van der Waals surface area contributed by atoms with E-state index in [2.05, 4.69) is 66.1 Å². The Labute approximate surface area is 257 Å². The van der Waals surface area contributed by atoms with Crippen molar-refractivity contribution < 1.29 is 19.4 Å². The number of methoxy groups -OCH3 is 1. The lowest BCUT2D eigenvalue weighted by Gasteiger charge is -2.60. The first kappa shape index (κ1) is 29.2. The largest absolute Gasteiger partial charge is 0.493 e. The number of benzene rings is 2. The lowest BCUT2D eigenvalue weighted by molar-refractivity contribution is -0.143. The normalized spacial score (nSPS) is 31.8. The number of aliphatic hydroxyl groups is 1. The molecule has 43 heavy (non-hydrogen) atoms. The smallest absolute Gasteiger partial charge is 0.222 e. The van der Waals surface area contributed by atoms with Gasteiger partial charge < -0.3 is 19.5 Å². The highest BCUT2D eigenvalue weighted by molar-refractivity contribution is 5.77. The molecule has 6 heteroatoms. The third-order valence-electron chi connectivity index (χ3n) is 11.4. The van der Waals surface area contributed by atoms with Gasteiger partial charge in [-0.2, -0.15) is 0 Å². The Morgan fingerprint density at radius 3 is 2.70 bits per heavy atom. The van der Waals surface area contributed by atoms with Gasteiger partial charge in [0.2, 0.25) is 5.91 Å². The van der Waals surface area contributed by atoms with Crippen LogP contribution in [0.2, 0.25) is 0 Å². The van der Waals surface area contributed by atoms with Crippen LogP contribution in [0.4, 0.5) is 0 Å².